The van der Waals surface area contributed by atoms with Gasteiger partial charge in [0.2, 0.25) is 0 Å². The molecule has 0 spiro atoms. The molecule has 1 aliphatic heterocycles. The van der Waals surface area contributed by atoms with E-state index in [4.69, 9.17) is 9.31 Å². The smallest absolute Gasteiger partial charge is 0.403 e. The zero-order valence-corrected chi connectivity index (χ0v) is 11.9. The topological polar surface area (TPSA) is 18.5 Å². The lowest BCUT2D eigenvalue weighted by Gasteiger charge is -2.32. The van der Waals surface area contributed by atoms with Gasteiger partial charge in [-0.15, -0.1) is 0 Å². The van der Waals surface area contributed by atoms with Gasteiger partial charge >= 0.3 is 7.12 Å². The Hall–Kier alpha value is -0.275. The predicted octanol–water partition coefficient (Wildman–Crippen LogP) is 3.97. The SMILES string of the molecule is CC[C@@H](B1OC(C)(C)C(C)(C)O1)C1=CCCC1. The van der Waals surface area contributed by atoms with Crippen molar-refractivity contribution in [3.63, 3.8) is 0 Å². The normalized spacial score (nSPS) is 28.3. The minimum Gasteiger partial charge on any atom is -0.403 e. The zero-order valence-electron chi connectivity index (χ0n) is 11.9. The molecule has 0 unspecified atom stereocenters. The molecule has 3 heteroatoms. The number of allylic oxidation sites excluding steroid dienone is 2. The fraction of sp³-hybridized carbons (Fsp3) is 0.857. The van der Waals surface area contributed by atoms with E-state index in [2.05, 4.69) is 40.7 Å². The molecule has 0 amide bonds. The van der Waals surface area contributed by atoms with E-state index in [9.17, 15) is 0 Å². The van der Waals surface area contributed by atoms with E-state index in [0.29, 0.717) is 5.82 Å². The molecule has 0 radical (unpaired) electrons. The first kappa shape index (κ1) is 13.2. The molecule has 2 rings (SSSR count). The second kappa shape index (κ2) is 4.44. The van der Waals surface area contributed by atoms with Gasteiger partial charge < -0.3 is 9.31 Å². The average molecular weight is 236 g/mol. The highest BCUT2D eigenvalue weighted by atomic mass is 16.7. The Bertz CT molecular complexity index is 304. The van der Waals surface area contributed by atoms with Gasteiger partial charge in [0.05, 0.1) is 11.2 Å². The summed E-state index contributed by atoms with van der Waals surface area (Å²) in [5.41, 5.74) is 1.14. The lowest BCUT2D eigenvalue weighted by atomic mass is 9.66. The van der Waals surface area contributed by atoms with Crippen molar-refractivity contribution in [1.82, 2.24) is 0 Å². The van der Waals surface area contributed by atoms with Crippen LogP contribution in [0.5, 0.6) is 0 Å². The van der Waals surface area contributed by atoms with Gasteiger partial charge in [0.25, 0.3) is 0 Å². The van der Waals surface area contributed by atoms with Crippen LogP contribution in [0.15, 0.2) is 11.6 Å². The van der Waals surface area contributed by atoms with E-state index in [1.54, 1.807) is 5.57 Å². The third-order valence-corrected chi connectivity index (χ3v) is 4.59. The lowest BCUT2D eigenvalue weighted by Crippen LogP contribution is -2.41. The Morgan fingerprint density at radius 1 is 1.24 bits per heavy atom. The molecular formula is C14H25BO2. The van der Waals surface area contributed by atoms with Gasteiger partial charge in [0, 0.05) is 5.82 Å². The van der Waals surface area contributed by atoms with Gasteiger partial charge in [-0.1, -0.05) is 25.0 Å². The first-order valence-electron chi connectivity index (χ1n) is 6.92. The molecular weight excluding hydrogens is 211 g/mol. The molecule has 96 valence electrons. The van der Waals surface area contributed by atoms with Crippen molar-refractivity contribution in [3.8, 4) is 0 Å². The Labute approximate surface area is 106 Å². The van der Waals surface area contributed by atoms with E-state index in [1.807, 2.05) is 0 Å². The summed E-state index contributed by atoms with van der Waals surface area (Å²) < 4.78 is 12.3. The van der Waals surface area contributed by atoms with E-state index >= 15 is 0 Å². The molecule has 0 aromatic heterocycles. The molecule has 1 fully saturated rings. The van der Waals surface area contributed by atoms with Crippen LogP contribution < -0.4 is 0 Å². The van der Waals surface area contributed by atoms with Crippen LogP contribution in [-0.4, -0.2) is 18.3 Å². The maximum Gasteiger partial charge on any atom is 0.465 e. The fourth-order valence-electron chi connectivity index (χ4n) is 2.71. The number of hydrogen-bond acceptors (Lipinski definition) is 2. The standard InChI is InChI=1S/C14H25BO2/c1-6-12(11-9-7-8-10-11)15-16-13(2,3)14(4,5)17-15/h9,12H,6-8,10H2,1-5H3/t12-/m1/s1. The largest absolute Gasteiger partial charge is 0.465 e. The quantitative estimate of drug-likeness (QED) is 0.545. The van der Waals surface area contributed by atoms with Crippen LogP contribution in [-0.2, 0) is 9.31 Å². The highest BCUT2D eigenvalue weighted by molar-refractivity contribution is 6.48. The summed E-state index contributed by atoms with van der Waals surface area (Å²) in [5.74, 6) is 0.443. The van der Waals surface area contributed by atoms with Crippen LogP contribution in [0.4, 0.5) is 0 Å². The van der Waals surface area contributed by atoms with E-state index in [1.165, 1.54) is 19.3 Å². The third kappa shape index (κ3) is 2.32. The summed E-state index contributed by atoms with van der Waals surface area (Å²) in [5, 5.41) is 0. The van der Waals surface area contributed by atoms with Crippen molar-refractivity contribution in [1.29, 1.82) is 0 Å². The van der Waals surface area contributed by atoms with Crippen LogP contribution in [0, 0.1) is 0 Å². The highest BCUT2D eigenvalue weighted by Gasteiger charge is 2.53. The zero-order chi connectivity index (χ0) is 12.7. The molecule has 1 atom stereocenters. The van der Waals surface area contributed by atoms with Crippen molar-refractivity contribution < 1.29 is 9.31 Å². The van der Waals surface area contributed by atoms with E-state index in [0.717, 1.165) is 6.42 Å². The molecule has 0 aromatic rings. The van der Waals surface area contributed by atoms with Gasteiger partial charge in [-0.2, -0.15) is 0 Å². The third-order valence-electron chi connectivity index (χ3n) is 4.59. The van der Waals surface area contributed by atoms with Gasteiger partial charge in [0.1, 0.15) is 0 Å². The maximum absolute atomic E-state index is 6.17. The summed E-state index contributed by atoms with van der Waals surface area (Å²) in [7, 11) is -0.0608. The van der Waals surface area contributed by atoms with Gasteiger partial charge in [-0.05, 0) is 47.0 Å². The van der Waals surface area contributed by atoms with Gasteiger partial charge in [-0.3, -0.25) is 0 Å². The van der Waals surface area contributed by atoms with Gasteiger partial charge in [-0.25, -0.2) is 0 Å². The van der Waals surface area contributed by atoms with Crippen LogP contribution >= 0.6 is 0 Å². The van der Waals surface area contributed by atoms with Crippen LogP contribution in [0.25, 0.3) is 0 Å². The van der Waals surface area contributed by atoms with Crippen molar-refractivity contribution in [2.45, 2.75) is 77.3 Å². The van der Waals surface area contributed by atoms with Crippen molar-refractivity contribution in [2.75, 3.05) is 0 Å². The van der Waals surface area contributed by atoms with E-state index in [-0.39, 0.29) is 18.3 Å². The number of rotatable bonds is 3. The second-order valence-electron chi connectivity index (χ2n) is 6.31. The Morgan fingerprint density at radius 3 is 2.24 bits per heavy atom. The first-order valence-corrected chi connectivity index (χ1v) is 6.92. The molecule has 1 heterocycles. The van der Waals surface area contributed by atoms with Crippen LogP contribution in [0.1, 0.15) is 60.3 Å². The molecule has 0 bridgehead atoms. The molecule has 0 N–H and O–H groups in total. The molecule has 1 saturated heterocycles. The summed E-state index contributed by atoms with van der Waals surface area (Å²) in [4.78, 5) is 0. The molecule has 17 heavy (non-hydrogen) atoms. The summed E-state index contributed by atoms with van der Waals surface area (Å²) in [6, 6.07) is 0. The first-order chi connectivity index (χ1) is 7.87. The summed E-state index contributed by atoms with van der Waals surface area (Å²) >= 11 is 0. The Balaban J connectivity index is 2.13. The van der Waals surface area contributed by atoms with Crippen molar-refractivity contribution >= 4 is 7.12 Å². The monoisotopic (exact) mass is 236 g/mol. The molecule has 0 saturated carbocycles. The predicted molar refractivity (Wildman–Crippen MR) is 72.1 cm³/mol. The Kier molecular flexibility index (Phi) is 3.43. The van der Waals surface area contributed by atoms with E-state index < -0.39 is 0 Å². The summed E-state index contributed by atoms with van der Waals surface area (Å²) in [6.45, 7) is 10.7. The minimum absolute atomic E-state index is 0.0608. The molecule has 0 aromatic carbocycles. The number of hydrogen-bond donors (Lipinski definition) is 0. The molecule has 2 nitrogen and oxygen atoms in total. The second-order valence-corrected chi connectivity index (χ2v) is 6.31. The van der Waals surface area contributed by atoms with Gasteiger partial charge in [0.15, 0.2) is 0 Å². The fourth-order valence-corrected chi connectivity index (χ4v) is 2.71. The maximum atomic E-state index is 6.17. The molecule has 2 aliphatic rings. The lowest BCUT2D eigenvalue weighted by molar-refractivity contribution is 0.00578. The summed E-state index contributed by atoms with van der Waals surface area (Å²) in [6.07, 6.45) is 7.24. The highest BCUT2D eigenvalue weighted by Crippen LogP contribution is 2.44. The van der Waals surface area contributed by atoms with Crippen molar-refractivity contribution in [3.05, 3.63) is 11.6 Å². The molecule has 1 aliphatic carbocycles. The van der Waals surface area contributed by atoms with Crippen LogP contribution in [0.2, 0.25) is 5.82 Å². The minimum atomic E-state index is -0.204. The Morgan fingerprint density at radius 2 is 1.82 bits per heavy atom. The van der Waals surface area contributed by atoms with Crippen molar-refractivity contribution in [2.24, 2.45) is 0 Å². The average Bonchev–Trinajstić information content (AvgIpc) is 2.76. The van der Waals surface area contributed by atoms with Crippen LogP contribution in [0.3, 0.4) is 0 Å².